The van der Waals surface area contributed by atoms with Gasteiger partial charge in [-0.25, -0.2) is 0 Å². The van der Waals surface area contributed by atoms with E-state index in [0.29, 0.717) is 23.5 Å². The van der Waals surface area contributed by atoms with Crippen molar-refractivity contribution in [2.45, 2.75) is 57.5 Å². The van der Waals surface area contributed by atoms with Crippen molar-refractivity contribution in [1.82, 2.24) is 0 Å². The molecule has 2 fully saturated rings. The van der Waals surface area contributed by atoms with E-state index in [1.54, 1.807) is 7.11 Å². The smallest absolute Gasteiger partial charge is 0.160 e. The summed E-state index contributed by atoms with van der Waals surface area (Å²) < 4.78 is 5.32. The molecule has 5 atom stereocenters. The van der Waals surface area contributed by atoms with Crippen LogP contribution in [0.1, 0.15) is 56.1 Å². The lowest BCUT2D eigenvalue weighted by Gasteiger charge is -2.50. The lowest BCUT2D eigenvalue weighted by molar-refractivity contribution is -0.0226. The molecule has 3 unspecified atom stereocenters. The van der Waals surface area contributed by atoms with Crippen LogP contribution in [0.25, 0.3) is 0 Å². The van der Waals surface area contributed by atoms with Gasteiger partial charge in [-0.1, -0.05) is 6.92 Å². The van der Waals surface area contributed by atoms with E-state index in [-0.39, 0.29) is 17.3 Å². The molecule has 0 saturated heterocycles. The van der Waals surface area contributed by atoms with Gasteiger partial charge in [-0.2, -0.15) is 0 Å². The summed E-state index contributed by atoms with van der Waals surface area (Å²) in [4.78, 5) is 0. The lowest BCUT2D eigenvalue weighted by Crippen LogP contribution is -2.43. The fourth-order valence-corrected chi connectivity index (χ4v) is 5.72. The number of hydrogen-bond donors (Lipinski definition) is 2. The summed E-state index contributed by atoms with van der Waals surface area (Å²) in [6.45, 7) is 2.30. The molecular formula is C19H26O3. The first-order valence-electron chi connectivity index (χ1n) is 8.62. The first-order valence-corrected chi connectivity index (χ1v) is 8.62. The quantitative estimate of drug-likeness (QED) is 0.833. The molecule has 3 aliphatic carbocycles. The van der Waals surface area contributed by atoms with Crippen molar-refractivity contribution < 1.29 is 14.9 Å². The summed E-state index contributed by atoms with van der Waals surface area (Å²) in [6.07, 6.45) is 6.51. The largest absolute Gasteiger partial charge is 0.504 e. The maximum atomic E-state index is 10.4. The van der Waals surface area contributed by atoms with Crippen LogP contribution in [0.3, 0.4) is 0 Å². The maximum Gasteiger partial charge on any atom is 0.160 e. The van der Waals surface area contributed by atoms with Crippen molar-refractivity contribution in [3.05, 3.63) is 23.3 Å². The van der Waals surface area contributed by atoms with Crippen molar-refractivity contribution in [3.63, 3.8) is 0 Å². The number of fused-ring (bicyclic) bond motifs is 5. The molecule has 120 valence electrons. The van der Waals surface area contributed by atoms with Crippen molar-refractivity contribution in [1.29, 1.82) is 0 Å². The highest BCUT2D eigenvalue weighted by atomic mass is 16.5. The standard InChI is InChI=1S/C19H26O3/c1-19-8-7-12-13(15(19)5-6-18(19)21)4-3-11-9-16(20)17(22-2)10-14(11)12/h9-10,12-13,15,18,20-21H,3-8H2,1-2H3/t12?,13?,15?,18-,19-/m0/s1. The SMILES string of the molecule is COc1cc2c(cc1O)CCC1C2CC[C@@]2(C)C1CC[C@@H]2O. The number of aliphatic hydroxyl groups is 1. The molecule has 3 aliphatic rings. The highest BCUT2D eigenvalue weighted by molar-refractivity contribution is 5.49. The molecule has 0 heterocycles. The normalized spacial score (nSPS) is 39.8. The molecule has 0 aromatic heterocycles. The monoisotopic (exact) mass is 302 g/mol. The van der Waals surface area contributed by atoms with Crippen molar-refractivity contribution in [2.75, 3.05) is 7.11 Å². The topological polar surface area (TPSA) is 49.7 Å². The Bertz CT molecular complexity index is 597. The third-order valence-electron chi connectivity index (χ3n) is 6.97. The second-order valence-electron chi connectivity index (χ2n) is 7.78. The zero-order chi connectivity index (χ0) is 15.5. The minimum Gasteiger partial charge on any atom is -0.504 e. The zero-order valence-corrected chi connectivity index (χ0v) is 13.5. The fourth-order valence-electron chi connectivity index (χ4n) is 5.72. The van der Waals surface area contributed by atoms with Gasteiger partial charge < -0.3 is 14.9 Å². The molecule has 1 aromatic carbocycles. The molecule has 0 spiro atoms. The molecule has 4 rings (SSSR count). The van der Waals surface area contributed by atoms with Gasteiger partial charge in [0, 0.05) is 0 Å². The maximum absolute atomic E-state index is 10.4. The summed E-state index contributed by atoms with van der Waals surface area (Å²) in [5.41, 5.74) is 2.80. The molecule has 22 heavy (non-hydrogen) atoms. The van der Waals surface area contributed by atoms with Gasteiger partial charge in [-0.05, 0) is 85.0 Å². The highest BCUT2D eigenvalue weighted by Crippen LogP contribution is 2.61. The molecule has 3 nitrogen and oxygen atoms in total. The van der Waals surface area contributed by atoms with E-state index >= 15 is 0 Å². The Kier molecular flexibility index (Phi) is 3.19. The summed E-state index contributed by atoms with van der Waals surface area (Å²) >= 11 is 0. The van der Waals surface area contributed by atoms with Crippen molar-refractivity contribution in [2.24, 2.45) is 17.3 Å². The van der Waals surface area contributed by atoms with Crippen molar-refractivity contribution in [3.8, 4) is 11.5 Å². The summed E-state index contributed by atoms with van der Waals surface area (Å²) in [5, 5.41) is 20.5. The average Bonchev–Trinajstić information content (AvgIpc) is 2.82. The van der Waals surface area contributed by atoms with E-state index in [2.05, 4.69) is 13.0 Å². The van der Waals surface area contributed by atoms with Crippen LogP contribution in [-0.4, -0.2) is 23.4 Å². The van der Waals surface area contributed by atoms with Crippen LogP contribution in [0.15, 0.2) is 12.1 Å². The fraction of sp³-hybridized carbons (Fsp3) is 0.684. The summed E-state index contributed by atoms with van der Waals surface area (Å²) in [6, 6.07) is 3.97. The van der Waals surface area contributed by atoms with E-state index in [9.17, 15) is 10.2 Å². The number of aryl methyl sites for hydroxylation is 1. The van der Waals surface area contributed by atoms with Crippen LogP contribution >= 0.6 is 0 Å². The lowest BCUT2D eigenvalue weighted by atomic mass is 9.55. The first kappa shape index (κ1) is 14.4. The van der Waals surface area contributed by atoms with Crippen LogP contribution in [0.5, 0.6) is 11.5 Å². The third kappa shape index (κ3) is 1.84. The number of rotatable bonds is 1. The predicted octanol–water partition coefficient (Wildman–Crippen LogP) is 3.62. The number of ether oxygens (including phenoxy) is 1. The van der Waals surface area contributed by atoms with Crippen LogP contribution in [-0.2, 0) is 6.42 Å². The van der Waals surface area contributed by atoms with E-state index in [0.717, 1.165) is 25.7 Å². The molecule has 3 heteroatoms. The van der Waals surface area contributed by atoms with Crippen LogP contribution in [0.4, 0.5) is 0 Å². The molecule has 0 amide bonds. The molecule has 0 aliphatic heterocycles. The number of hydrogen-bond acceptors (Lipinski definition) is 3. The third-order valence-corrected chi connectivity index (χ3v) is 6.97. The van der Waals surface area contributed by atoms with Gasteiger partial charge >= 0.3 is 0 Å². The Morgan fingerprint density at radius 1 is 1.18 bits per heavy atom. The Balaban J connectivity index is 1.72. The Morgan fingerprint density at radius 2 is 2.00 bits per heavy atom. The van der Waals surface area contributed by atoms with E-state index in [1.807, 2.05) is 6.07 Å². The highest BCUT2D eigenvalue weighted by Gasteiger charge is 2.54. The van der Waals surface area contributed by atoms with Gasteiger partial charge in [0.1, 0.15) is 0 Å². The van der Waals surface area contributed by atoms with Crippen LogP contribution in [0.2, 0.25) is 0 Å². The Hall–Kier alpha value is -1.22. The van der Waals surface area contributed by atoms with Gasteiger partial charge in [0.15, 0.2) is 11.5 Å². The van der Waals surface area contributed by atoms with E-state index < -0.39 is 0 Å². The van der Waals surface area contributed by atoms with Crippen molar-refractivity contribution >= 4 is 0 Å². The number of methoxy groups -OCH3 is 1. The number of phenolic OH excluding ortho intramolecular Hbond substituents is 1. The van der Waals surface area contributed by atoms with Gasteiger partial charge in [0.2, 0.25) is 0 Å². The Morgan fingerprint density at radius 3 is 2.77 bits per heavy atom. The second kappa shape index (κ2) is 4.89. The minimum absolute atomic E-state index is 0.116. The van der Waals surface area contributed by atoms with Gasteiger partial charge in [0.25, 0.3) is 0 Å². The summed E-state index contributed by atoms with van der Waals surface area (Å²) in [5.74, 6) is 2.75. The number of benzene rings is 1. The minimum atomic E-state index is -0.116. The van der Waals surface area contributed by atoms with Gasteiger partial charge in [-0.3, -0.25) is 0 Å². The molecule has 0 radical (unpaired) electrons. The molecule has 1 aromatic rings. The molecule has 2 saturated carbocycles. The first-order chi connectivity index (χ1) is 10.5. The molecule has 2 N–H and O–H groups in total. The zero-order valence-electron chi connectivity index (χ0n) is 13.5. The number of aliphatic hydroxyl groups excluding tert-OH is 1. The Labute approximate surface area is 132 Å². The van der Waals surface area contributed by atoms with E-state index in [4.69, 9.17) is 4.74 Å². The molecule has 0 bridgehead atoms. The van der Waals surface area contributed by atoms with Crippen LogP contribution < -0.4 is 4.74 Å². The van der Waals surface area contributed by atoms with Crippen LogP contribution in [0, 0.1) is 17.3 Å². The average molecular weight is 302 g/mol. The summed E-state index contributed by atoms with van der Waals surface area (Å²) in [7, 11) is 1.62. The molecular weight excluding hydrogens is 276 g/mol. The second-order valence-corrected chi connectivity index (χ2v) is 7.78. The predicted molar refractivity (Wildman–Crippen MR) is 85.3 cm³/mol. The van der Waals surface area contributed by atoms with Gasteiger partial charge in [-0.15, -0.1) is 0 Å². The van der Waals surface area contributed by atoms with E-state index in [1.165, 1.54) is 24.0 Å². The number of phenols is 1. The van der Waals surface area contributed by atoms with Gasteiger partial charge in [0.05, 0.1) is 13.2 Å². The number of aromatic hydroxyl groups is 1.